The third kappa shape index (κ3) is 3.69. The fourth-order valence-electron chi connectivity index (χ4n) is 1.80. The van der Waals surface area contributed by atoms with Crippen LogP contribution in [0.4, 0.5) is 10.1 Å². The van der Waals surface area contributed by atoms with Crippen LogP contribution in [0.25, 0.3) is 11.1 Å². The summed E-state index contributed by atoms with van der Waals surface area (Å²) in [6.07, 6.45) is -0.594. The van der Waals surface area contributed by atoms with E-state index < -0.39 is 6.10 Å². The first-order chi connectivity index (χ1) is 9.20. The maximum Gasteiger partial charge on any atom is 0.123 e. The number of para-hydroxylation sites is 1. The van der Waals surface area contributed by atoms with Crippen LogP contribution < -0.4 is 5.32 Å². The summed E-state index contributed by atoms with van der Waals surface area (Å²) in [6, 6.07) is 14.0. The lowest BCUT2D eigenvalue weighted by molar-refractivity contribution is 0.211. The SMILES string of the molecule is OC(CCl)CNc1ccccc1-c1ccc(F)cc1. The molecule has 0 saturated heterocycles. The fraction of sp³-hybridized carbons (Fsp3) is 0.200. The van der Waals surface area contributed by atoms with Gasteiger partial charge in [-0.3, -0.25) is 0 Å². The standard InChI is InChI=1S/C15H15ClFNO/c16-9-13(19)10-18-15-4-2-1-3-14(15)11-5-7-12(17)8-6-11/h1-8,13,18-19H,9-10H2. The highest BCUT2D eigenvalue weighted by Crippen LogP contribution is 2.27. The van der Waals surface area contributed by atoms with E-state index in [2.05, 4.69) is 5.32 Å². The van der Waals surface area contributed by atoms with Gasteiger partial charge in [0.15, 0.2) is 0 Å². The van der Waals surface area contributed by atoms with Gasteiger partial charge in [-0.05, 0) is 23.8 Å². The Morgan fingerprint density at radius 2 is 1.79 bits per heavy atom. The number of alkyl halides is 1. The fourth-order valence-corrected chi connectivity index (χ4v) is 1.91. The van der Waals surface area contributed by atoms with Crippen LogP contribution in [0.5, 0.6) is 0 Å². The average Bonchev–Trinajstić information content (AvgIpc) is 2.46. The maximum atomic E-state index is 12.9. The largest absolute Gasteiger partial charge is 0.390 e. The molecule has 100 valence electrons. The van der Waals surface area contributed by atoms with E-state index >= 15 is 0 Å². The summed E-state index contributed by atoms with van der Waals surface area (Å²) >= 11 is 5.56. The first-order valence-electron chi connectivity index (χ1n) is 6.03. The molecule has 2 rings (SSSR count). The summed E-state index contributed by atoms with van der Waals surface area (Å²) in [4.78, 5) is 0. The van der Waals surface area contributed by atoms with Crippen LogP contribution in [0.3, 0.4) is 0 Å². The zero-order chi connectivity index (χ0) is 13.7. The van der Waals surface area contributed by atoms with Crippen molar-refractivity contribution in [3.63, 3.8) is 0 Å². The van der Waals surface area contributed by atoms with Crippen molar-refractivity contribution in [2.24, 2.45) is 0 Å². The highest BCUT2D eigenvalue weighted by atomic mass is 35.5. The minimum absolute atomic E-state index is 0.186. The minimum atomic E-state index is -0.594. The molecule has 0 radical (unpaired) electrons. The van der Waals surface area contributed by atoms with Crippen molar-refractivity contribution in [1.29, 1.82) is 0 Å². The maximum absolute atomic E-state index is 12.9. The number of hydrogen-bond donors (Lipinski definition) is 2. The highest BCUT2D eigenvalue weighted by Gasteiger charge is 2.06. The van der Waals surface area contributed by atoms with E-state index in [1.807, 2.05) is 24.3 Å². The molecule has 0 aliphatic carbocycles. The lowest BCUT2D eigenvalue weighted by atomic mass is 10.0. The summed E-state index contributed by atoms with van der Waals surface area (Å²) < 4.78 is 12.9. The molecule has 0 heterocycles. The van der Waals surface area contributed by atoms with E-state index in [-0.39, 0.29) is 11.7 Å². The number of benzene rings is 2. The van der Waals surface area contributed by atoms with Crippen molar-refractivity contribution < 1.29 is 9.50 Å². The molecule has 2 aromatic rings. The normalized spacial score (nSPS) is 12.2. The van der Waals surface area contributed by atoms with Gasteiger partial charge in [0, 0.05) is 17.8 Å². The smallest absolute Gasteiger partial charge is 0.123 e. The van der Waals surface area contributed by atoms with Gasteiger partial charge in [-0.2, -0.15) is 0 Å². The van der Waals surface area contributed by atoms with E-state index in [4.69, 9.17) is 11.6 Å². The number of aliphatic hydroxyl groups excluding tert-OH is 1. The van der Waals surface area contributed by atoms with E-state index in [0.29, 0.717) is 6.54 Å². The zero-order valence-corrected chi connectivity index (χ0v) is 11.1. The number of nitrogens with one attached hydrogen (secondary N) is 1. The third-order valence-electron chi connectivity index (χ3n) is 2.79. The number of halogens is 2. The van der Waals surface area contributed by atoms with Gasteiger partial charge in [-0.15, -0.1) is 11.6 Å². The summed E-state index contributed by atoms with van der Waals surface area (Å²) in [5.74, 6) is -0.0714. The van der Waals surface area contributed by atoms with E-state index in [1.165, 1.54) is 12.1 Å². The molecule has 1 atom stereocenters. The summed E-state index contributed by atoms with van der Waals surface area (Å²) in [7, 11) is 0. The Kier molecular flexibility index (Phi) is 4.77. The Bertz CT molecular complexity index is 530. The van der Waals surface area contributed by atoms with Crippen molar-refractivity contribution in [3.05, 3.63) is 54.3 Å². The van der Waals surface area contributed by atoms with E-state index in [0.717, 1.165) is 16.8 Å². The Labute approximate surface area is 116 Å². The molecule has 0 spiro atoms. The van der Waals surface area contributed by atoms with Gasteiger partial charge in [-0.1, -0.05) is 30.3 Å². The van der Waals surface area contributed by atoms with E-state index in [1.54, 1.807) is 12.1 Å². The molecule has 0 saturated carbocycles. The summed E-state index contributed by atoms with van der Waals surface area (Å²) in [5, 5.41) is 12.6. The third-order valence-corrected chi connectivity index (χ3v) is 3.14. The van der Waals surface area contributed by atoms with Crippen LogP contribution in [0.15, 0.2) is 48.5 Å². The molecule has 2 N–H and O–H groups in total. The van der Waals surface area contributed by atoms with Gasteiger partial charge >= 0.3 is 0 Å². The minimum Gasteiger partial charge on any atom is -0.390 e. The monoisotopic (exact) mass is 279 g/mol. The Morgan fingerprint density at radius 3 is 2.47 bits per heavy atom. The molecule has 19 heavy (non-hydrogen) atoms. The average molecular weight is 280 g/mol. The van der Waals surface area contributed by atoms with Crippen molar-refractivity contribution in [3.8, 4) is 11.1 Å². The first kappa shape index (κ1) is 13.8. The van der Waals surface area contributed by atoms with Gasteiger partial charge < -0.3 is 10.4 Å². The number of anilines is 1. The van der Waals surface area contributed by atoms with Crippen molar-refractivity contribution >= 4 is 17.3 Å². The number of hydrogen-bond acceptors (Lipinski definition) is 2. The lowest BCUT2D eigenvalue weighted by Crippen LogP contribution is -2.20. The molecule has 0 aliphatic rings. The molecule has 1 unspecified atom stereocenters. The molecule has 0 fully saturated rings. The van der Waals surface area contributed by atoms with Crippen LogP contribution in [-0.2, 0) is 0 Å². The Balaban J connectivity index is 2.23. The van der Waals surface area contributed by atoms with Gasteiger partial charge in [0.2, 0.25) is 0 Å². The Hall–Kier alpha value is -1.58. The van der Waals surface area contributed by atoms with E-state index in [9.17, 15) is 9.50 Å². The predicted octanol–water partition coefficient (Wildman–Crippen LogP) is 3.50. The topological polar surface area (TPSA) is 32.3 Å². The van der Waals surface area contributed by atoms with Gasteiger partial charge in [-0.25, -0.2) is 4.39 Å². The quantitative estimate of drug-likeness (QED) is 0.821. The lowest BCUT2D eigenvalue weighted by Gasteiger charge is -2.14. The van der Waals surface area contributed by atoms with Crippen molar-refractivity contribution in [2.45, 2.75) is 6.10 Å². The second-order valence-corrected chi connectivity index (χ2v) is 4.55. The van der Waals surface area contributed by atoms with Crippen molar-refractivity contribution in [1.82, 2.24) is 0 Å². The number of aliphatic hydroxyl groups is 1. The highest BCUT2D eigenvalue weighted by molar-refractivity contribution is 6.18. The summed E-state index contributed by atoms with van der Waals surface area (Å²) in [5.41, 5.74) is 2.77. The second-order valence-electron chi connectivity index (χ2n) is 4.24. The predicted molar refractivity (Wildman–Crippen MR) is 77.1 cm³/mol. The second kappa shape index (κ2) is 6.55. The molecule has 0 aliphatic heterocycles. The molecule has 2 nitrogen and oxygen atoms in total. The molecule has 4 heteroatoms. The number of rotatable bonds is 5. The molecule has 0 bridgehead atoms. The Morgan fingerprint density at radius 1 is 1.11 bits per heavy atom. The molecule has 0 aromatic heterocycles. The van der Waals surface area contributed by atoms with Gasteiger partial charge in [0.25, 0.3) is 0 Å². The zero-order valence-electron chi connectivity index (χ0n) is 10.3. The molecule has 2 aromatic carbocycles. The molecular formula is C15H15ClFNO. The first-order valence-corrected chi connectivity index (χ1v) is 6.57. The van der Waals surface area contributed by atoms with Crippen LogP contribution in [-0.4, -0.2) is 23.6 Å². The molecule has 0 amide bonds. The molecular weight excluding hydrogens is 265 g/mol. The van der Waals surface area contributed by atoms with Crippen molar-refractivity contribution in [2.75, 3.05) is 17.7 Å². The van der Waals surface area contributed by atoms with Crippen LogP contribution in [0.2, 0.25) is 0 Å². The van der Waals surface area contributed by atoms with Gasteiger partial charge in [0.1, 0.15) is 5.82 Å². The van der Waals surface area contributed by atoms with Crippen LogP contribution in [0, 0.1) is 5.82 Å². The van der Waals surface area contributed by atoms with Crippen LogP contribution >= 0.6 is 11.6 Å². The van der Waals surface area contributed by atoms with Gasteiger partial charge in [0.05, 0.1) is 12.0 Å². The summed E-state index contributed by atoms with van der Waals surface area (Å²) in [6.45, 7) is 0.377. The van der Waals surface area contributed by atoms with Crippen LogP contribution in [0.1, 0.15) is 0 Å².